The Kier molecular flexibility index (Phi) is 5.46. The third-order valence-corrected chi connectivity index (χ3v) is 3.86. The summed E-state index contributed by atoms with van der Waals surface area (Å²) in [5, 5.41) is 3.63. The summed E-state index contributed by atoms with van der Waals surface area (Å²) < 4.78 is 0. The van der Waals surface area contributed by atoms with Crippen LogP contribution in [0.3, 0.4) is 0 Å². The number of nitrogens with zero attached hydrogens (tertiary/aromatic N) is 1. The van der Waals surface area contributed by atoms with E-state index in [4.69, 9.17) is 0 Å². The molecular weight excluding hydrogens is 208 g/mol. The normalized spacial score (nSPS) is 28.1. The van der Waals surface area contributed by atoms with E-state index in [1.54, 1.807) is 0 Å². The van der Waals surface area contributed by atoms with Gasteiger partial charge in [-0.15, -0.1) is 0 Å². The van der Waals surface area contributed by atoms with Gasteiger partial charge in [0.1, 0.15) is 0 Å². The molecule has 0 unspecified atom stereocenters. The Morgan fingerprint density at radius 1 is 0.765 bits per heavy atom. The molecule has 2 nitrogen and oxygen atoms in total. The number of nitrogens with one attached hydrogen (secondary N) is 1. The third kappa shape index (κ3) is 6.42. The maximum atomic E-state index is 3.63. The van der Waals surface area contributed by atoms with Gasteiger partial charge in [0.25, 0.3) is 0 Å². The lowest BCUT2D eigenvalue weighted by molar-refractivity contribution is 0.183. The van der Waals surface area contributed by atoms with Gasteiger partial charge >= 0.3 is 0 Å². The molecule has 0 aromatic rings. The van der Waals surface area contributed by atoms with Crippen LogP contribution >= 0.6 is 0 Å². The number of hydrogen-bond acceptors (Lipinski definition) is 2. The number of rotatable bonds is 0. The van der Waals surface area contributed by atoms with Gasteiger partial charge < -0.3 is 10.2 Å². The third-order valence-electron chi connectivity index (χ3n) is 3.86. The van der Waals surface area contributed by atoms with Crippen LogP contribution in [0.1, 0.15) is 66.2 Å². The molecule has 1 N–H and O–H groups in total. The van der Waals surface area contributed by atoms with Crippen molar-refractivity contribution in [1.82, 2.24) is 10.2 Å². The smallest absolute Gasteiger partial charge is 0.0130 e. The molecule has 2 aliphatic rings. The van der Waals surface area contributed by atoms with Crippen molar-refractivity contribution >= 4 is 0 Å². The Morgan fingerprint density at radius 2 is 1.24 bits per heavy atom. The summed E-state index contributed by atoms with van der Waals surface area (Å²) in [7, 11) is 2.19. The van der Waals surface area contributed by atoms with Gasteiger partial charge in [-0.2, -0.15) is 0 Å². The molecule has 0 aromatic carbocycles. The highest BCUT2D eigenvalue weighted by Gasteiger charge is 2.31. The molecule has 0 bridgehead atoms. The van der Waals surface area contributed by atoms with Crippen LogP contribution in [0.25, 0.3) is 0 Å². The van der Waals surface area contributed by atoms with Crippen LogP contribution in [0.2, 0.25) is 0 Å². The zero-order valence-corrected chi connectivity index (χ0v) is 12.6. The van der Waals surface area contributed by atoms with Crippen molar-refractivity contribution in [2.75, 3.05) is 20.1 Å². The summed E-state index contributed by atoms with van der Waals surface area (Å²) in [4.78, 5) is 2.39. The van der Waals surface area contributed by atoms with Crippen LogP contribution in [0.4, 0.5) is 0 Å². The molecule has 2 aliphatic heterocycles. The van der Waals surface area contributed by atoms with Crippen molar-refractivity contribution in [3.63, 3.8) is 0 Å². The molecule has 0 atom stereocenters. The van der Waals surface area contributed by atoms with Crippen LogP contribution in [0.5, 0.6) is 0 Å². The summed E-state index contributed by atoms with van der Waals surface area (Å²) >= 11 is 0. The minimum absolute atomic E-state index is 0.363. The predicted molar refractivity (Wildman–Crippen MR) is 76.5 cm³/mol. The second-order valence-electron chi connectivity index (χ2n) is 7.11. The number of hydrogen-bond donors (Lipinski definition) is 1. The molecule has 2 fully saturated rings. The molecule has 17 heavy (non-hydrogen) atoms. The van der Waals surface area contributed by atoms with E-state index in [1.807, 2.05) is 0 Å². The fourth-order valence-electron chi connectivity index (χ4n) is 3.07. The molecule has 2 heteroatoms. The van der Waals surface area contributed by atoms with Gasteiger partial charge in [-0.05, 0) is 79.9 Å². The van der Waals surface area contributed by atoms with Gasteiger partial charge in [-0.3, -0.25) is 0 Å². The Hall–Kier alpha value is -0.0800. The lowest BCUT2D eigenvalue weighted by Gasteiger charge is -2.42. The Balaban J connectivity index is 0.000000181. The van der Waals surface area contributed by atoms with Crippen molar-refractivity contribution in [3.05, 3.63) is 0 Å². The molecule has 0 spiro atoms. The van der Waals surface area contributed by atoms with Gasteiger partial charge in [0.15, 0.2) is 0 Å². The first kappa shape index (κ1) is 15.0. The second-order valence-corrected chi connectivity index (χ2v) is 7.11. The molecule has 0 aliphatic carbocycles. The molecule has 2 heterocycles. The van der Waals surface area contributed by atoms with Crippen molar-refractivity contribution in [2.45, 2.75) is 77.3 Å². The summed E-state index contributed by atoms with van der Waals surface area (Å²) in [6.07, 6.45) is 8.28. The Bertz CT molecular complexity index is 201. The van der Waals surface area contributed by atoms with E-state index in [9.17, 15) is 0 Å². The maximum Gasteiger partial charge on any atom is 0.0130 e. The van der Waals surface area contributed by atoms with E-state index in [2.05, 4.69) is 45.0 Å². The first-order chi connectivity index (χ1) is 7.81. The fraction of sp³-hybridized carbons (Fsp3) is 1.00. The highest BCUT2D eigenvalue weighted by Crippen LogP contribution is 2.27. The van der Waals surface area contributed by atoms with Crippen LogP contribution in [-0.4, -0.2) is 36.1 Å². The lowest BCUT2D eigenvalue weighted by Crippen LogP contribution is -2.55. The summed E-state index contributed by atoms with van der Waals surface area (Å²) in [6, 6.07) is 0. The standard InChI is InChI=1S/C9H19N.C6H13N/c1-8(2)6-5-7-9(3,4)10-8;1-7-5-3-2-4-6-7/h10H,5-7H2,1-4H3;2-6H2,1H3. The van der Waals surface area contributed by atoms with Gasteiger partial charge in [-0.25, -0.2) is 0 Å². The molecule has 0 aromatic heterocycles. The summed E-state index contributed by atoms with van der Waals surface area (Å²) in [5.41, 5.74) is 0.726. The quantitative estimate of drug-likeness (QED) is 0.698. The molecular formula is C15H32N2. The van der Waals surface area contributed by atoms with Gasteiger partial charge in [-0.1, -0.05) is 6.42 Å². The van der Waals surface area contributed by atoms with Gasteiger partial charge in [0, 0.05) is 11.1 Å². The van der Waals surface area contributed by atoms with E-state index in [0.717, 1.165) is 0 Å². The molecule has 0 radical (unpaired) electrons. The zero-order valence-electron chi connectivity index (χ0n) is 12.6. The SMILES string of the molecule is CC1(C)CCCC(C)(C)N1.CN1CCCCC1. The zero-order chi connectivity index (χ0) is 12.9. The van der Waals surface area contributed by atoms with Gasteiger partial charge in [0.2, 0.25) is 0 Å². The average Bonchev–Trinajstić information content (AvgIpc) is 2.15. The average molecular weight is 240 g/mol. The van der Waals surface area contributed by atoms with E-state index in [-0.39, 0.29) is 0 Å². The predicted octanol–water partition coefficient (Wildman–Crippen LogP) is 3.42. The fourth-order valence-corrected chi connectivity index (χ4v) is 3.07. The van der Waals surface area contributed by atoms with Crippen LogP contribution in [0.15, 0.2) is 0 Å². The highest BCUT2D eigenvalue weighted by atomic mass is 15.1. The first-order valence-corrected chi connectivity index (χ1v) is 7.29. The number of piperidine rings is 2. The first-order valence-electron chi connectivity index (χ1n) is 7.29. The van der Waals surface area contributed by atoms with Crippen LogP contribution < -0.4 is 5.32 Å². The molecule has 0 amide bonds. The lowest BCUT2D eigenvalue weighted by atomic mass is 9.83. The topological polar surface area (TPSA) is 15.3 Å². The highest BCUT2D eigenvalue weighted by molar-refractivity contribution is 4.92. The van der Waals surface area contributed by atoms with Crippen molar-refractivity contribution in [2.24, 2.45) is 0 Å². The summed E-state index contributed by atoms with van der Waals surface area (Å²) in [5.74, 6) is 0. The molecule has 0 saturated carbocycles. The monoisotopic (exact) mass is 240 g/mol. The van der Waals surface area contributed by atoms with E-state index in [0.29, 0.717) is 11.1 Å². The van der Waals surface area contributed by atoms with E-state index in [1.165, 1.54) is 51.6 Å². The van der Waals surface area contributed by atoms with Crippen LogP contribution in [0, 0.1) is 0 Å². The minimum Gasteiger partial charge on any atom is -0.307 e. The molecule has 2 rings (SSSR count). The second kappa shape index (κ2) is 6.19. The largest absolute Gasteiger partial charge is 0.307 e. The van der Waals surface area contributed by atoms with Crippen molar-refractivity contribution in [3.8, 4) is 0 Å². The van der Waals surface area contributed by atoms with E-state index >= 15 is 0 Å². The number of likely N-dealkylation sites (tertiary alicyclic amines) is 1. The Labute approximate surface area is 108 Å². The van der Waals surface area contributed by atoms with Crippen LogP contribution in [-0.2, 0) is 0 Å². The summed E-state index contributed by atoms with van der Waals surface area (Å²) in [6.45, 7) is 11.8. The van der Waals surface area contributed by atoms with Gasteiger partial charge in [0.05, 0.1) is 0 Å². The maximum absolute atomic E-state index is 3.63. The minimum atomic E-state index is 0.363. The Morgan fingerprint density at radius 3 is 1.47 bits per heavy atom. The van der Waals surface area contributed by atoms with Crippen molar-refractivity contribution < 1.29 is 0 Å². The molecule has 2 saturated heterocycles. The molecule has 102 valence electrons. The van der Waals surface area contributed by atoms with E-state index < -0.39 is 0 Å². The van der Waals surface area contributed by atoms with Crippen molar-refractivity contribution in [1.29, 1.82) is 0 Å².